The lowest BCUT2D eigenvalue weighted by Crippen LogP contribution is -2.29. The van der Waals surface area contributed by atoms with Crippen LogP contribution in [0.1, 0.15) is 17.3 Å². The number of anilines is 1. The smallest absolute Gasteiger partial charge is 0.270 e. The number of hydrogen-bond donors (Lipinski definition) is 2. The van der Waals surface area contributed by atoms with E-state index in [-0.39, 0.29) is 17.2 Å². The van der Waals surface area contributed by atoms with Gasteiger partial charge in [0.2, 0.25) is 0 Å². The third-order valence-electron chi connectivity index (χ3n) is 2.79. The number of rotatable bonds is 7. The number of carbonyl (C=O) groups is 1. The molecule has 1 aromatic rings. The van der Waals surface area contributed by atoms with Gasteiger partial charge in [0.05, 0.1) is 10.5 Å². The van der Waals surface area contributed by atoms with Crippen LogP contribution >= 0.6 is 11.8 Å². The van der Waals surface area contributed by atoms with Crippen molar-refractivity contribution in [2.24, 2.45) is 5.92 Å². The van der Waals surface area contributed by atoms with Gasteiger partial charge in [0.1, 0.15) is 0 Å². The number of hydrogen-bond acceptors (Lipinski definition) is 5. The van der Waals surface area contributed by atoms with Gasteiger partial charge in [0.25, 0.3) is 11.6 Å². The van der Waals surface area contributed by atoms with Crippen LogP contribution in [0.4, 0.5) is 11.4 Å². The molecule has 2 N–H and O–H groups in total. The van der Waals surface area contributed by atoms with Crippen molar-refractivity contribution in [3.8, 4) is 0 Å². The molecule has 0 heterocycles. The molecule has 0 spiro atoms. The number of amides is 1. The molecule has 0 saturated heterocycles. The van der Waals surface area contributed by atoms with E-state index in [1.54, 1.807) is 24.9 Å². The minimum atomic E-state index is -0.507. The van der Waals surface area contributed by atoms with Crippen LogP contribution in [0.3, 0.4) is 0 Å². The number of nitro groups is 1. The fourth-order valence-corrected chi connectivity index (χ4v) is 2.44. The monoisotopic (exact) mass is 297 g/mol. The maximum Gasteiger partial charge on any atom is 0.270 e. The summed E-state index contributed by atoms with van der Waals surface area (Å²) in [5.41, 5.74) is 0.773. The van der Waals surface area contributed by atoms with E-state index in [1.165, 1.54) is 12.1 Å². The van der Waals surface area contributed by atoms with E-state index in [2.05, 4.69) is 10.6 Å². The maximum absolute atomic E-state index is 12.1. The summed E-state index contributed by atoms with van der Waals surface area (Å²) in [6, 6.07) is 4.21. The van der Waals surface area contributed by atoms with Gasteiger partial charge in [-0.2, -0.15) is 11.8 Å². The second-order valence-electron chi connectivity index (χ2n) is 4.51. The molecule has 20 heavy (non-hydrogen) atoms. The molecular formula is C13H19N3O3S. The van der Waals surface area contributed by atoms with Crippen molar-refractivity contribution < 1.29 is 9.72 Å². The first kappa shape index (κ1) is 16.3. The van der Waals surface area contributed by atoms with Crippen molar-refractivity contribution in [1.29, 1.82) is 0 Å². The third kappa shape index (κ3) is 4.41. The molecule has 0 fully saturated rings. The predicted octanol–water partition coefficient (Wildman–Crippen LogP) is 2.37. The standard InChI is InChI=1S/C13H19N3O3S/c1-9(8-20-3)7-15-13(17)11-6-10(16(18)19)4-5-12(11)14-2/h4-6,9,14H,7-8H2,1-3H3,(H,15,17). The van der Waals surface area contributed by atoms with E-state index in [0.717, 1.165) is 5.75 Å². The molecule has 0 aliphatic rings. The van der Waals surface area contributed by atoms with Crippen LogP contribution in [-0.2, 0) is 0 Å². The Morgan fingerprint density at radius 3 is 2.75 bits per heavy atom. The molecule has 110 valence electrons. The summed E-state index contributed by atoms with van der Waals surface area (Å²) in [6.45, 7) is 2.59. The number of carbonyl (C=O) groups excluding carboxylic acids is 1. The maximum atomic E-state index is 12.1. The molecule has 0 radical (unpaired) electrons. The van der Waals surface area contributed by atoms with Crippen molar-refractivity contribution in [2.75, 3.05) is 30.9 Å². The number of thioether (sulfide) groups is 1. The Labute approximate surface area is 122 Å². The molecule has 0 saturated carbocycles. The van der Waals surface area contributed by atoms with E-state index in [1.807, 2.05) is 13.2 Å². The first-order valence-corrected chi connectivity index (χ1v) is 7.62. The summed E-state index contributed by atoms with van der Waals surface area (Å²) < 4.78 is 0. The average molecular weight is 297 g/mol. The summed E-state index contributed by atoms with van der Waals surface area (Å²) in [5.74, 6) is 1.00. The van der Waals surface area contributed by atoms with Crippen LogP contribution in [0.15, 0.2) is 18.2 Å². The summed E-state index contributed by atoms with van der Waals surface area (Å²) in [5, 5.41) is 16.5. The highest BCUT2D eigenvalue weighted by Gasteiger charge is 2.16. The van der Waals surface area contributed by atoms with Gasteiger partial charge in [-0.15, -0.1) is 0 Å². The zero-order valence-corrected chi connectivity index (χ0v) is 12.6. The molecule has 1 amide bonds. The second-order valence-corrected chi connectivity index (χ2v) is 5.42. The first-order chi connectivity index (χ1) is 9.49. The molecule has 0 bridgehead atoms. The Morgan fingerprint density at radius 2 is 2.20 bits per heavy atom. The normalized spacial score (nSPS) is 11.8. The van der Waals surface area contributed by atoms with E-state index < -0.39 is 4.92 Å². The number of benzene rings is 1. The van der Waals surface area contributed by atoms with Crippen molar-refractivity contribution in [3.63, 3.8) is 0 Å². The SMILES string of the molecule is CNc1ccc([N+](=O)[O-])cc1C(=O)NCC(C)CSC. The highest BCUT2D eigenvalue weighted by molar-refractivity contribution is 7.98. The average Bonchev–Trinajstić information content (AvgIpc) is 2.44. The molecule has 7 heteroatoms. The van der Waals surface area contributed by atoms with Gasteiger partial charge in [0, 0.05) is 31.4 Å². The quantitative estimate of drug-likeness (QED) is 0.596. The van der Waals surface area contributed by atoms with Crippen molar-refractivity contribution in [2.45, 2.75) is 6.92 Å². The molecule has 1 aromatic carbocycles. The van der Waals surface area contributed by atoms with Crippen LogP contribution in [0, 0.1) is 16.0 Å². The van der Waals surface area contributed by atoms with Gasteiger partial charge in [-0.25, -0.2) is 0 Å². The van der Waals surface area contributed by atoms with Crippen LogP contribution in [0.2, 0.25) is 0 Å². The van der Waals surface area contributed by atoms with Crippen molar-refractivity contribution in [1.82, 2.24) is 5.32 Å². The topological polar surface area (TPSA) is 84.3 Å². The Kier molecular flexibility index (Phi) is 6.30. The highest BCUT2D eigenvalue weighted by atomic mass is 32.2. The van der Waals surface area contributed by atoms with Crippen molar-refractivity contribution >= 4 is 29.0 Å². The Balaban J connectivity index is 2.84. The number of nitrogens with one attached hydrogen (secondary N) is 2. The fraction of sp³-hybridized carbons (Fsp3) is 0.462. The van der Waals surface area contributed by atoms with Gasteiger partial charge < -0.3 is 10.6 Å². The lowest BCUT2D eigenvalue weighted by molar-refractivity contribution is -0.384. The molecule has 1 atom stereocenters. The van der Waals surface area contributed by atoms with Crippen LogP contribution < -0.4 is 10.6 Å². The second kappa shape index (κ2) is 7.74. The molecule has 1 rings (SSSR count). The van der Waals surface area contributed by atoms with E-state index in [4.69, 9.17) is 0 Å². The summed E-state index contributed by atoms with van der Waals surface area (Å²) in [7, 11) is 1.67. The lowest BCUT2D eigenvalue weighted by atomic mass is 10.1. The summed E-state index contributed by atoms with van der Waals surface area (Å²) in [4.78, 5) is 22.4. The zero-order valence-electron chi connectivity index (χ0n) is 11.8. The molecule has 1 unspecified atom stereocenters. The molecular weight excluding hydrogens is 278 g/mol. The van der Waals surface area contributed by atoms with Crippen LogP contribution in [0.5, 0.6) is 0 Å². The third-order valence-corrected chi connectivity index (χ3v) is 3.69. The Bertz CT molecular complexity index is 494. The minimum Gasteiger partial charge on any atom is -0.387 e. The van der Waals surface area contributed by atoms with Gasteiger partial charge in [-0.1, -0.05) is 6.92 Å². The van der Waals surface area contributed by atoms with Gasteiger partial charge in [-0.3, -0.25) is 14.9 Å². The van der Waals surface area contributed by atoms with Crippen LogP contribution in [-0.4, -0.2) is 36.4 Å². The van der Waals surface area contributed by atoms with E-state index >= 15 is 0 Å². The first-order valence-electron chi connectivity index (χ1n) is 6.23. The van der Waals surface area contributed by atoms with Gasteiger partial charge in [-0.05, 0) is 24.0 Å². The number of non-ortho nitro benzene ring substituents is 1. The van der Waals surface area contributed by atoms with E-state index in [9.17, 15) is 14.9 Å². The predicted molar refractivity (Wildman–Crippen MR) is 82.5 cm³/mol. The number of nitro benzene ring substituents is 1. The minimum absolute atomic E-state index is 0.0914. The van der Waals surface area contributed by atoms with Crippen LogP contribution in [0.25, 0.3) is 0 Å². The van der Waals surface area contributed by atoms with Crippen molar-refractivity contribution in [3.05, 3.63) is 33.9 Å². The zero-order chi connectivity index (χ0) is 15.1. The Hall–Kier alpha value is -1.76. The molecule has 0 aliphatic carbocycles. The highest BCUT2D eigenvalue weighted by Crippen LogP contribution is 2.21. The number of nitrogens with zero attached hydrogens (tertiary/aromatic N) is 1. The molecule has 0 aliphatic heterocycles. The summed E-state index contributed by atoms with van der Waals surface area (Å²) >= 11 is 1.72. The Morgan fingerprint density at radius 1 is 1.50 bits per heavy atom. The largest absolute Gasteiger partial charge is 0.387 e. The fourth-order valence-electron chi connectivity index (χ4n) is 1.76. The van der Waals surface area contributed by atoms with E-state index in [0.29, 0.717) is 18.2 Å². The lowest BCUT2D eigenvalue weighted by Gasteiger charge is -2.13. The van der Waals surface area contributed by atoms with Gasteiger partial charge in [0.15, 0.2) is 0 Å². The van der Waals surface area contributed by atoms with Gasteiger partial charge >= 0.3 is 0 Å². The molecule has 6 nitrogen and oxygen atoms in total. The summed E-state index contributed by atoms with van der Waals surface area (Å²) in [6.07, 6.45) is 2.01. The molecule has 0 aromatic heterocycles.